The van der Waals surface area contributed by atoms with Gasteiger partial charge < -0.3 is 10.6 Å². The molecular formula is C12H21N3S. The number of nitrogens with two attached hydrogens (primary N) is 1. The zero-order valence-electron chi connectivity index (χ0n) is 9.98. The Balaban J connectivity index is 2.01. The summed E-state index contributed by atoms with van der Waals surface area (Å²) >= 11 is 1.72. The van der Waals surface area contributed by atoms with Crippen LogP contribution in [0.5, 0.6) is 0 Å². The number of aromatic nitrogens is 1. The summed E-state index contributed by atoms with van der Waals surface area (Å²) in [5.41, 5.74) is 6.61. The molecule has 1 aliphatic carbocycles. The van der Waals surface area contributed by atoms with Crippen LogP contribution >= 0.6 is 11.3 Å². The lowest BCUT2D eigenvalue weighted by molar-refractivity contribution is 0.552. The predicted octanol–water partition coefficient (Wildman–Crippen LogP) is 2.76. The van der Waals surface area contributed by atoms with Crippen molar-refractivity contribution in [1.82, 2.24) is 4.98 Å². The summed E-state index contributed by atoms with van der Waals surface area (Å²) in [7, 11) is 2.18. The van der Waals surface area contributed by atoms with Crippen molar-refractivity contribution in [2.75, 3.05) is 11.9 Å². The molecule has 0 aliphatic heterocycles. The van der Waals surface area contributed by atoms with Gasteiger partial charge in [-0.1, -0.05) is 25.7 Å². The van der Waals surface area contributed by atoms with Crippen molar-refractivity contribution < 1.29 is 0 Å². The van der Waals surface area contributed by atoms with Gasteiger partial charge in [-0.15, -0.1) is 11.3 Å². The fourth-order valence-electron chi connectivity index (χ4n) is 2.35. The monoisotopic (exact) mass is 239 g/mol. The Morgan fingerprint density at radius 3 is 2.62 bits per heavy atom. The second-order valence-corrected chi connectivity index (χ2v) is 5.42. The third-order valence-electron chi connectivity index (χ3n) is 3.42. The van der Waals surface area contributed by atoms with E-state index >= 15 is 0 Å². The first-order chi connectivity index (χ1) is 7.81. The van der Waals surface area contributed by atoms with Crippen LogP contribution < -0.4 is 10.6 Å². The molecule has 4 heteroatoms. The van der Waals surface area contributed by atoms with Gasteiger partial charge in [-0.2, -0.15) is 0 Å². The molecule has 1 fully saturated rings. The minimum atomic E-state index is 0.551. The van der Waals surface area contributed by atoms with Crippen LogP contribution in [0.4, 0.5) is 5.13 Å². The highest BCUT2D eigenvalue weighted by molar-refractivity contribution is 7.13. The normalized spacial score (nSPS) is 18.4. The fraction of sp³-hybridized carbons (Fsp3) is 0.750. The summed E-state index contributed by atoms with van der Waals surface area (Å²) in [5, 5.41) is 3.20. The lowest BCUT2D eigenvalue weighted by atomic mass is 10.1. The number of rotatable bonds is 3. The van der Waals surface area contributed by atoms with Gasteiger partial charge >= 0.3 is 0 Å². The number of anilines is 1. The molecule has 0 spiro atoms. The molecule has 1 aromatic rings. The van der Waals surface area contributed by atoms with Gasteiger partial charge in [-0.25, -0.2) is 4.98 Å². The van der Waals surface area contributed by atoms with Gasteiger partial charge in [0, 0.05) is 25.0 Å². The maximum atomic E-state index is 5.59. The van der Waals surface area contributed by atoms with E-state index in [0.717, 1.165) is 10.8 Å². The van der Waals surface area contributed by atoms with Crippen molar-refractivity contribution in [3.05, 3.63) is 11.1 Å². The van der Waals surface area contributed by atoms with Crippen molar-refractivity contribution in [2.45, 2.75) is 51.1 Å². The van der Waals surface area contributed by atoms with Gasteiger partial charge in [0.25, 0.3) is 0 Å². The smallest absolute Gasteiger partial charge is 0.185 e. The molecule has 1 aliphatic rings. The molecule has 0 aromatic carbocycles. The first-order valence-corrected chi connectivity index (χ1v) is 7.06. The molecule has 90 valence electrons. The standard InChI is InChI=1S/C12H21N3S/c1-15(11-6-4-2-3-5-7-11)12-14-10(8-13)9-16-12/h9,11H,2-8,13H2,1H3. The lowest BCUT2D eigenvalue weighted by Gasteiger charge is -2.26. The van der Waals surface area contributed by atoms with Crippen LogP contribution in [0.15, 0.2) is 5.38 Å². The molecule has 0 unspecified atom stereocenters. The van der Waals surface area contributed by atoms with E-state index in [2.05, 4.69) is 22.3 Å². The Kier molecular flexibility index (Phi) is 4.18. The van der Waals surface area contributed by atoms with Crippen LogP contribution in [0.3, 0.4) is 0 Å². The Morgan fingerprint density at radius 1 is 1.38 bits per heavy atom. The minimum absolute atomic E-state index is 0.551. The second kappa shape index (κ2) is 5.64. The average molecular weight is 239 g/mol. The fourth-order valence-corrected chi connectivity index (χ4v) is 3.23. The average Bonchev–Trinajstić information content (AvgIpc) is 2.62. The molecule has 0 amide bonds. The molecule has 0 radical (unpaired) electrons. The molecule has 16 heavy (non-hydrogen) atoms. The molecular weight excluding hydrogens is 218 g/mol. The van der Waals surface area contributed by atoms with Gasteiger partial charge in [-0.05, 0) is 12.8 Å². The van der Waals surface area contributed by atoms with E-state index in [1.165, 1.54) is 38.5 Å². The zero-order valence-corrected chi connectivity index (χ0v) is 10.8. The molecule has 0 atom stereocenters. The molecule has 2 N–H and O–H groups in total. The van der Waals surface area contributed by atoms with E-state index < -0.39 is 0 Å². The summed E-state index contributed by atoms with van der Waals surface area (Å²) in [6.07, 6.45) is 8.16. The maximum absolute atomic E-state index is 5.59. The summed E-state index contributed by atoms with van der Waals surface area (Å²) in [5.74, 6) is 0. The number of thiazole rings is 1. The highest BCUT2D eigenvalue weighted by Crippen LogP contribution is 2.27. The summed E-state index contributed by atoms with van der Waals surface area (Å²) in [6, 6.07) is 0.680. The summed E-state index contributed by atoms with van der Waals surface area (Å²) < 4.78 is 0. The van der Waals surface area contributed by atoms with Crippen molar-refractivity contribution >= 4 is 16.5 Å². The summed E-state index contributed by atoms with van der Waals surface area (Å²) in [6.45, 7) is 0.551. The zero-order chi connectivity index (χ0) is 11.4. The highest BCUT2D eigenvalue weighted by Gasteiger charge is 2.19. The second-order valence-electron chi connectivity index (χ2n) is 4.58. The van der Waals surface area contributed by atoms with E-state index in [1.807, 2.05) is 0 Å². The first kappa shape index (κ1) is 11.9. The van der Waals surface area contributed by atoms with Crippen LogP contribution in [-0.4, -0.2) is 18.1 Å². The largest absolute Gasteiger partial charge is 0.348 e. The molecule has 1 heterocycles. The van der Waals surface area contributed by atoms with Gasteiger partial charge in [0.1, 0.15) is 0 Å². The summed E-state index contributed by atoms with van der Waals surface area (Å²) in [4.78, 5) is 6.91. The van der Waals surface area contributed by atoms with Crippen LogP contribution in [0.25, 0.3) is 0 Å². The lowest BCUT2D eigenvalue weighted by Crippen LogP contribution is -2.30. The van der Waals surface area contributed by atoms with E-state index in [9.17, 15) is 0 Å². The third kappa shape index (κ3) is 2.74. The Bertz CT molecular complexity index is 316. The van der Waals surface area contributed by atoms with Crippen LogP contribution in [-0.2, 0) is 6.54 Å². The van der Waals surface area contributed by atoms with Gasteiger partial charge in [0.2, 0.25) is 0 Å². The van der Waals surface area contributed by atoms with E-state index in [0.29, 0.717) is 12.6 Å². The molecule has 0 saturated heterocycles. The highest BCUT2D eigenvalue weighted by atomic mass is 32.1. The van der Waals surface area contributed by atoms with E-state index in [4.69, 9.17) is 5.73 Å². The van der Waals surface area contributed by atoms with Gasteiger partial charge in [-0.3, -0.25) is 0 Å². The van der Waals surface area contributed by atoms with Crippen molar-refractivity contribution in [1.29, 1.82) is 0 Å². The molecule has 0 bridgehead atoms. The number of hydrogen-bond acceptors (Lipinski definition) is 4. The van der Waals surface area contributed by atoms with Crippen LogP contribution in [0.2, 0.25) is 0 Å². The predicted molar refractivity (Wildman–Crippen MR) is 69.9 cm³/mol. The Morgan fingerprint density at radius 2 is 2.06 bits per heavy atom. The maximum Gasteiger partial charge on any atom is 0.185 e. The van der Waals surface area contributed by atoms with Crippen molar-refractivity contribution in [3.8, 4) is 0 Å². The molecule has 1 aromatic heterocycles. The van der Waals surface area contributed by atoms with Crippen LogP contribution in [0, 0.1) is 0 Å². The first-order valence-electron chi connectivity index (χ1n) is 6.18. The molecule has 3 nitrogen and oxygen atoms in total. The number of nitrogens with zero attached hydrogens (tertiary/aromatic N) is 2. The van der Waals surface area contributed by atoms with E-state index in [1.54, 1.807) is 11.3 Å². The van der Waals surface area contributed by atoms with Gasteiger partial charge in [0.05, 0.1) is 5.69 Å². The van der Waals surface area contributed by atoms with Gasteiger partial charge in [0.15, 0.2) is 5.13 Å². The molecule has 2 rings (SSSR count). The number of hydrogen-bond donors (Lipinski definition) is 1. The van der Waals surface area contributed by atoms with Crippen LogP contribution in [0.1, 0.15) is 44.2 Å². The third-order valence-corrected chi connectivity index (χ3v) is 4.40. The SMILES string of the molecule is CN(c1nc(CN)cs1)C1CCCCCC1. The van der Waals surface area contributed by atoms with E-state index in [-0.39, 0.29) is 0 Å². The van der Waals surface area contributed by atoms with Crippen molar-refractivity contribution in [2.24, 2.45) is 5.73 Å². The van der Waals surface area contributed by atoms with Crippen molar-refractivity contribution in [3.63, 3.8) is 0 Å². The molecule has 1 saturated carbocycles. The quantitative estimate of drug-likeness (QED) is 0.825. The Hall–Kier alpha value is -0.610. The topological polar surface area (TPSA) is 42.2 Å². The Labute approximate surface area is 102 Å². The minimum Gasteiger partial charge on any atom is -0.348 e.